The van der Waals surface area contributed by atoms with Crippen LogP contribution in [0.4, 0.5) is 10.2 Å². The highest BCUT2D eigenvalue weighted by Crippen LogP contribution is 2.32. The number of ether oxygens (including phenoxy) is 1. The molecule has 9 heteroatoms. The van der Waals surface area contributed by atoms with Crippen molar-refractivity contribution in [1.82, 2.24) is 10.3 Å². The van der Waals surface area contributed by atoms with E-state index >= 15 is 0 Å². The molecule has 0 saturated heterocycles. The van der Waals surface area contributed by atoms with E-state index in [0.717, 1.165) is 46.3 Å². The molecule has 4 rings (SSSR count). The maximum Gasteiger partial charge on any atom is 0.306 e. The van der Waals surface area contributed by atoms with Gasteiger partial charge in [0.25, 0.3) is 5.91 Å². The first-order valence-corrected chi connectivity index (χ1v) is 14.5. The van der Waals surface area contributed by atoms with Crippen LogP contribution >= 0.6 is 27.5 Å². The van der Waals surface area contributed by atoms with Gasteiger partial charge in [0.2, 0.25) is 0 Å². The summed E-state index contributed by atoms with van der Waals surface area (Å²) in [4.78, 5) is 33.4. The van der Waals surface area contributed by atoms with E-state index in [9.17, 15) is 14.0 Å². The summed E-state index contributed by atoms with van der Waals surface area (Å²) in [6.07, 6.45) is 5.59. The molecule has 3 aromatic rings. The van der Waals surface area contributed by atoms with Crippen LogP contribution < -0.4 is 10.2 Å². The van der Waals surface area contributed by atoms with Crippen LogP contribution in [0.3, 0.4) is 0 Å². The third kappa shape index (κ3) is 7.40. The van der Waals surface area contributed by atoms with E-state index < -0.39 is 17.3 Å². The lowest BCUT2D eigenvalue weighted by Gasteiger charge is -2.28. The molecule has 212 valence electrons. The van der Waals surface area contributed by atoms with Crippen LogP contribution in [0.25, 0.3) is 10.9 Å². The Hall–Kier alpha value is -2.97. The quantitative estimate of drug-likeness (QED) is 0.206. The number of amides is 1. The van der Waals surface area contributed by atoms with Crippen molar-refractivity contribution in [3.8, 4) is 0 Å². The van der Waals surface area contributed by atoms with Crippen LogP contribution in [0, 0.1) is 12.7 Å². The number of esters is 1. The third-order valence-electron chi connectivity index (χ3n) is 6.77. The van der Waals surface area contributed by atoms with Crippen molar-refractivity contribution in [2.24, 2.45) is 0 Å². The van der Waals surface area contributed by atoms with E-state index in [-0.39, 0.29) is 24.8 Å². The minimum atomic E-state index is -0.618. The van der Waals surface area contributed by atoms with Gasteiger partial charge in [0.15, 0.2) is 0 Å². The van der Waals surface area contributed by atoms with Crippen LogP contribution in [0.1, 0.15) is 67.4 Å². The smallest absolute Gasteiger partial charge is 0.306 e. The first-order chi connectivity index (χ1) is 18.9. The maximum absolute atomic E-state index is 14.2. The van der Waals surface area contributed by atoms with Crippen LogP contribution in [0.5, 0.6) is 0 Å². The highest BCUT2D eigenvalue weighted by molar-refractivity contribution is 9.10. The molecule has 0 spiro atoms. The number of hydrogen-bond donors (Lipinski definition) is 1. The molecular weight excluding hydrogens is 597 g/mol. The number of nitrogens with one attached hydrogen (secondary N) is 1. The Bertz CT molecular complexity index is 1450. The number of aromatic nitrogens is 1. The number of anilines is 1. The minimum Gasteiger partial charge on any atom is -0.460 e. The van der Waals surface area contributed by atoms with Crippen molar-refractivity contribution < 1.29 is 18.7 Å². The van der Waals surface area contributed by atoms with E-state index in [4.69, 9.17) is 21.3 Å². The van der Waals surface area contributed by atoms with Crippen LogP contribution in [0.2, 0.25) is 5.02 Å². The largest absolute Gasteiger partial charge is 0.460 e. The molecule has 0 radical (unpaired) electrons. The maximum atomic E-state index is 14.2. The zero-order chi connectivity index (χ0) is 29.0. The summed E-state index contributed by atoms with van der Waals surface area (Å²) >= 11 is 9.98. The molecule has 40 heavy (non-hydrogen) atoms. The second kappa shape index (κ2) is 12.7. The molecule has 0 saturated carbocycles. The fraction of sp³-hybridized carbons (Fsp3) is 0.387. The number of carbonyl (C=O) groups excluding carboxylic acids is 2. The van der Waals surface area contributed by atoms with Crippen molar-refractivity contribution in [2.75, 3.05) is 24.5 Å². The van der Waals surface area contributed by atoms with Crippen molar-refractivity contribution in [2.45, 2.75) is 58.5 Å². The number of pyridine rings is 1. The Labute approximate surface area is 248 Å². The van der Waals surface area contributed by atoms with Crippen molar-refractivity contribution in [1.29, 1.82) is 0 Å². The second-order valence-corrected chi connectivity index (χ2v) is 12.3. The van der Waals surface area contributed by atoms with Gasteiger partial charge >= 0.3 is 5.97 Å². The molecule has 2 aromatic carbocycles. The molecule has 6 nitrogen and oxygen atoms in total. The van der Waals surface area contributed by atoms with E-state index in [1.54, 1.807) is 20.8 Å². The molecule has 1 aromatic heterocycles. The van der Waals surface area contributed by atoms with Gasteiger partial charge in [0.1, 0.15) is 17.2 Å². The SMILES string of the molecule is Cc1c(N2CC=CCC2)nc2ccc(Br)cc2c1C(=O)NCC(CCC(=O)OC(C)(C)C)c1cc(F)ccc1Cl. The van der Waals surface area contributed by atoms with Gasteiger partial charge in [-0.2, -0.15) is 0 Å². The average Bonchev–Trinajstić information content (AvgIpc) is 2.89. The number of carbonyl (C=O) groups is 2. The van der Waals surface area contributed by atoms with Gasteiger partial charge < -0.3 is 15.0 Å². The number of rotatable bonds is 8. The average molecular weight is 631 g/mol. The molecular formula is C31H34BrClFN3O3. The lowest BCUT2D eigenvalue weighted by atomic mass is 9.93. The molecule has 0 fully saturated rings. The molecule has 0 aliphatic carbocycles. The normalized spacial score (nSPS) is 14.3. The predicted molar refractivity (Wildman–Crippen MR) is 162 cm³/mol. The Morgan fingerprint density at radius 3 is 2.67 bits per heavy atom. The summed E-state index contributed by atoms with van der Waals surface area (Å²) in [5.41, 5.74) is 1.95. The lowest BCUT2D eigenvalue weighted by Crippen LogP contribution is -2.32. The Morgan fingerprint density at radius 1 is 1.20 bits per heavy atom. The van der Waals surface area contributed by atoms with E-state index in [1.807, 2.05) is 25.1 Å². The van der Waals surface area contributed by atoms with Gasteiger partial charge in [-0.25, -0.2) is 9.37 Å². The number of hydrogen-bond acceptors (Lipinski definition) is 5. The number of halogens is 3. The number of benzene rings is 2. The lowest BCUT2D eigenvalue weighted by molar-refractivity contribution is -0.155. The molecule has 1 aliphatic rings. The monoisotopic (exact) mass is 629 g/mol. The zero-order valence-electron chi connectivity index (χ0n) is 23.2. The molecule has 2 heterocycles. The summed E-state index contributed by atoms with van der Waals surface area (Å²) < 4.78 is 20.5. The molecule has 1 aliphatic heterocycles. The molecule has 1 amide bonds. The van der Waals surface area contributed by atoms with Crippen molar-refractivity contribution >= 4 is 56.1 Å². The molecule has 0 bridgehead atoms. The van der Waals surface area contributed by atoms with E-state index in [2.05, 4.69) is 38.3 Å². The van der Waals surface area contributed by atoms with Gasteiger partial charge in [-0.1, -0.05) is 39.7 Å². The van der Waals surface area contributed by atoms with Crippen LogP contribution in [-0.2, 0) is 9.53 Å². The Kier molecular flexibility index (Phi) is 9.52. The Balaban J connectivity index is 1.64. The number of nitrogens with zero attached hydrogens (tertiary/aromatic N) is 2. The second-order valence-electron chi connectivity index (χ2n) is 11.0. The first-order valence-electron chi connectivity index (χ1n) is 13.4. The van der Waals surface area contributed by atoms with E-state index in [1.165, 1.54) is 18.2 Å². The summed E-state index contributed by atoms with van der Waals surface area (Å²) in [7, 11) is 0. The molecule has 1 unspecified atom stereocenters. The van der Waals surface area contributed by atoms with Crippen molar-refractivity contribution in [3.63, 3.8) is 0 Å². The van der Waals surface area contributed by atoms with E-state index in [0.29, 0.717) is 22.6 Å². The summed E-state index contributed by atoms with van der Waals surface area (Å²) in [5.74, 6) is -0.705. The van der Waals surface area contributed by atoms with Gasteiger partial charge in [-0.3, -0.25) is 9.59 Å². The molecule has 1 atom stereocenters. The standard InChI is InChI=1S/C31H34BrClFN3O3/c1-19-28(24-16-21(32)9-12-26(24)36-29(19)37-14-6-5-7-15-37)30(39)35-18-20(8-13-27(38)40-31(2,3)4)23-17-22(34)10-11-25(23)33/h5-6,9-12,16-17,20H,7-8,13-15,18H2,1-4H3,(H,35,39). The van der Waals surface area contributed by atoms with Gasteiger partial charge in [0, 0.05) is 52.4 Å². The van der Waals surface area contributed by atoms with Gasteiger partial charge in [-0.05, 0) is 82.5 Å². The predicted octanol–water partition coefficient (Wildman–Crippen LogP) is 7.50. The summed E-state index contributed by atoms with van der Waals surface area (Å²) in [6.45, 7) is 9.03. The topological polar surface area (TPSA) is 71.5 Å². The van der Waals surface area contributed by atoms with Gasteiger partial charge in [-0.15, -0.1) is 0 Å². The summed E-state index contributed by atoms with van der Waals surface area (Å²) in [5, 5.41) is 4.16. The Morgan fingerprint density at radius 2 is 1.98 bits per heavy atom. The summed E-state index contributed by atoms with van der Waals surface area (Å²) in [6, 6.07) is 9.84. The zero-order valence-corrected chi connectivity index (χ0v) is 25.5. The highest BCUT2D eigenvalue weighted by atomic mass is 79.9. The van der Waals surface area contributed by atoms with Crippen molar-refractivity contribution in [3.05, 3.63) is 80.6 Å². The fourth-order valence-electron chi connectivity index (χ4n) is 4.94. The molecule has 1 N–H and O–H groups in total. The number of fused-ring (bicyclic) bond motifs is 1. The fourth-order valence-corrected chi connectivity index (χ4v) is 5.57. The van der Waals surface area contributed by atoms with Crippen LogP contribution in [0.15, 0.2) is 53.0 Å². The highest BCUT2D eigenvalue weighted by Gasteiger charge is 2.25. The van der Waals surface area contributed by atoms with Crippen LogP contribution in [-0.4, -0.2) is 42.1 Å². The van der Waals surface area contributed by atoms with Gasteiger partial charge in [0.05, 0.1) is 11.1 Å². The third-order valence-corrected chi connectivity index (χ3v) is 7.61. The minimum absolute atomic E-state index is 0.0986. The first kappa shape index (κ1) is 30.0.